The Morgan fingerprint density at radius 1 is 1.18 bits per heavy atom. The molecule has 1 amide bonds. The van der Waals surface area contributed by atoms with Crippen molar-refractivity contribution in [2.45, 2.75) is 82.8 Å². The average Bonchev–Trinajstić information content (AvgIpc) is 3.30. The lowest BCUT2D eigenvalue weighted by Gasteiger charge is -2.33. The fourth-order valence-corrected chi connectivity index (χ4v) is 3.57. The molecule has 1 aromatic rings. The molecule has 4 N–H and O–H groups in total. The number of nitrogens with zero attached hydrogens (tertiary/aromatic N) is 1. The van der Waals surface area contributed by atoms with Crippen molar-refractivity contribution in [1.29, 1.82) is 0 Å². The summed E-state index contributed by atoms with van der Waals surface area (Å²) in [6, 6.07) is -2.06. The molecule has 1 saturated carbocycles. The zero-order chi connectivity index (χ0) is 20.7. The molecule has 1 aliphatic rings. The second kappa shape index (κ2) is 9.68. The third kappa shape index (κ3) is 5.31. The largest absolute Gasteiger partial charge is 0.480 e. The van der Waals surface area contributed by atoms with Gasteiger partial charge in [-0.05, 0) is 25.7 Å². The zero-order valence-electron chi connectivity index (χ0n) is 16.4. The highest BCUT2D eigenvalue weighted by Gasteiger charge is 2.44. The van der Waals surface area contributed by atoms with Crippen LogP contribution in [0.3, 0.4) is 0 Å². The number of oxazole rings is 1. The quantitative estimate of drug-likeness (QED) is 0.442. The van der Waals surface area contributed by atoms with Gasteiger partial charge in [0.1, 0.15) is 18.3 Å². The van der Waals surface area contributed by atoms with Crippen LogP contribution in [0.25, 0.3) is 0 Å². The van der Waals surface area contributed by atoms with Crippen molar-refractivity contribution in [2.75, 3.05) is 0 Å². The molecular formula is C19H29N3O6. The van der Waals surface area contributed by atoms with E-state index >= 15 is 0 Å². The Morgan fingerprint density at radius 2 is 1.82 bits per heavy atom. The van der Waals surface area contributed by atoms with Crippen LogP contribution in [0.4, 0.5) is 0 Å². The Morgan fingerprint density at radius 3 is 2.32 bits per heavy atom. The van der Waals surface area contributed by atoms with Crippen LogP contribution < -0.4 is 10.6 Å². The van der Waals surface area contributed by atoms with Gasteiger partial charge in [-0.15, -0.1) is 0 Å². The Balaban J connectivity index is 2.13. The van der Waals surface area contributed by atoms with E-state index in [0.29, 0.717) is 37.8 Å². The molecule has 2 atom stereocenters. The van der Waals surface area contributed by atoms with Crippen molar-refractivity contribution in [2.24, 2.45) is 0 Å². The predicted octanol–water partition coefficient (Wildman–Crippen LogP) is 1.50. The van der Waals surface area contributed by atoms with E-state index in [9.17, 15) is 24.6 Å². The summed E-state index contributed by atoms with van der Waals surface area (Å²) < 4.78 is 5.28. The van der Waals surface area contributed by atoms with Crippen LogP contribution in [0.1, 0.15) is 64.0 Å². The SMILES string of the molecule is CCC[C@H](NC1(C(=O)N[C@@H](Cc2nc(CC)co2)C(=O)O)CCCC1)C(=O)O. The van der Waals surface area contributed by atoms with Crippen molar-refractivity contribution >= 4 is 17.8 Å². The van der Waals surface area contributed by atoms with Crippen LogP contribution in [0.5, 0.6) is 0 Å². The molecule has 9 nitrogen and oxygen atoms in total. The number of aliphatic carboxylic acids is 2. The van der Waals surface area contributed by atoms with E-state index in [-0.39, 0.29) is 12.3 Å². The number of hydrogen-bond donors (Lipinski definition) is 4. The number of nitrogens with one attached hydrogen (secondary N) is 2. The Kier molecular flexibility index (Phi) is 7.56. The summed E-state index contributed by atoms with van der Waals surface area (Å²) in [5.41, 5.74) is -0.361. The molecule has 0 bridgehead atoms. The van der Waals surface area contributed by atoms with E-state index in [0.717, 1.165) is 12.8 Å². The number of carboxylic acids is 2. The molecule has 1 aliphatic carbocycles. The van der Waals surface area contributed by atoms with Gasteiger partial charge in [0.2, 0.25) is 5.91 Å². The van der Waals surface area contributed by atoms with Crippen LogP contribution in [0.2, 0.25) is 0 Å². The van der Waals surface area contributed by atoms with Gasteiger partial charge in [0.05, 0.1) is 17.7 Å². The number of carbonyl (C=O) groups is 3. The Bertz CT molecular complexity index is 696. The van der Waals surface area contributed by atoms with Crippen molar-refractivity contribution < 1.29 is 29.0 Å². The molecule has 156 valence electrons. The van der Waals surface area contributed by atoms with Crippen LogP contribution in [-0.4, -0.2) is 50.7 Å². The predicted molar refractivity (Wildman–Crippen MR) is 99.8 cm³/mol. The first-order chi connectivity index (χ1) is 13.3. The van der Waals surface area contributed by atoms with Gasteiger partial charge in [-0.1, -0.05) is 33.1 Å². The third-order valence-electron chi connectivity index (χ3n) is 5.16. The molecule has 1 heterocycles. The van der Waals surface area contributed by atoms with Gasteiger partial charge in [0.25, 0.3) is 0 Å². The first-order valence-corrected chi connectivity index (χ1v) is 9.78. The number of carboxylic acid groups (broad SMARTS) is 2. The second-order valence-corrected chi connectivity index (χ2v) is 7.27. The van der Waals surface area contributed by atoms with E-state index < -0.39 is 35.5 Å². The highest BCUT2D eigenvalue weighted by atomic mass is 16.4. The van der Waals surface area contributed by atoms with Crippen molar-refractivity contribution in [3.05, 3.63) is 17.8 Å². The van der Waals surface area contributed by atoms with E-state index in [1.54, 1.807) is 0 Å². The number of hydrogen-bond acceptors (Lipinski definition) is 6. The molecule has 0 aliphatic heterocycles. The average molecular weight is 395 g/mol. The number of rotatable bonds is 11. The van der Waals surface area contributed by atoms with Crippen molar-refractivity contribution in [3.8, 4) is 0 Å². The van der Waals surface area contributed by atoms with E-state index in [4.69, 9.17) is 4.42 Å². The van der Waals surface area contributed by atoms with Gasteiger partial charge >= 0.3 is 11.9 Å². The lowest BCUT2D eigenvalue weighted by atomic mass is 9.93. The molecule has 0 spiro atoms. The van der Waals surface area contributed by atoms with Crippen molar-refractivity contribution in [1.82, 2.24) is 15.6 Å². The van der Waals surface area contributed by atoms with Gasteiger partial charge in [-0.3, -0.25) is 14.9 Å². The number of carbonyl (C=O) groups excluding carboxylic acids is 1. The molecule has 9 heteroatoms. The molecule has 1 aromatic heterocycles. The van der Waals surface area contributed by atoms with Gasteiger partial charge in [-0.25, -0.2) is 9.78 Å². The molecule has 0 unspecified atom stereocenters. The summed E-state index contributed by atoms with van der Waals surface area (Å²) in [5.74, 6) is -2.45. The summed E-state index contributed by atoms with van der Waals surface area (Å²) in [5, 5.41) is 24.5. The maximum absolute atomic E-state index is 13.0. The van der Waals surface area contributed by atoms with Gasteiger partial charge in [0.15, 0.2) is 5.89 Å². The number of amides is 1. The minimum atomic E-state index is -1.20. The van der Waals surface area contributed by atoms with Crippen LogP contribution in [0, 0.1) is 0 Å². The monoisotopic (exact) mass is 395 g/mol. The highest BCUT2D eigenvalue weighted by molar-refractivity contribution is 5.91. The molecule has 2 rings (SSSR count). The lowest BCUT2D eigenvalue weighted by Crippen LogP contribution is -2.62. The fourth-order valence-electron chi connectivity index (χ4n) is 3.57. The molecule has 28 heavy (non-hydrogen) atoms. The Labute approximate surface area is 163 Å². The summed E-state index contributed by atoms with van der Waals surface area (Å²) >= 11 is 0. The second-order valence-electron chi connectivity index (χ2n) is 7.27. The summed E-state index contributed by atoms with van der Waals surface area (Å²) in [4.78, 5) is 40.4. The first kappa shape index (κ1) is 21.9. The van der Waals surface area contributed by atoms with Crippen LogP contribution in [-0.2, 0) is 27.2 Å². The maximum atomic E-state index is 13.0. The first-order valence-electron chi connectivity index (χ1n) is 9.78. The van der Waals surface area contributed by atoms with Crippen molar-refractivity contribution in [3.63, 3.8) is 0 Å². The van der Waals surface area contributed by atoms with Crippen LogP contribution >= 0.6 is 0 Å². The molecule has 0 radical (unpaired) electrons. The topological polar surface area (TPSA) is 142 Å². The van der Waals surface area contributed by atoms with Gasteiger partial charge < -0.3 is 19.9 Å². The molecule has 1 fully saturated rings. The van der Waals surface area contributed by atoms with Gasteiger partial charge in [-0.2, -0.15) is 0 Å². The Hall–Kier alpha value is -2.42. The third-order valence-corrected chi connectivity index (χ3v) is 5.16. The molecule has 0 aromatic carbocycles. The molecular weight excluding hydrogens is 366 g/mol. The van der Waals surface area contributed by atoms with Gasteiger partial charge in [0, 0.05) is 0 Å². The van der Waals surface area contributed by atoms with Crippen LogP contribution in [0.15, 0.2) is 10.7 Å². The normalized spacial score (nSPS) is 17.8. The highest BCUT2D eigenvalue weighted by Crippen LogP contribution is 2.31. The minimum absolute atomic E-state index is 0.0749. The number of aromatic nitrogens is 1. The van der Waals surface area contributed by atoms with E-state index in [1.165, 1.54) is 6.26 Å². The zero-order valence-corrected chi connectivity index (χ0v) is 16.4. The summed E-state index contributed by atoms with van der Waals surface area (Å²) in [7, 11) is 0. The smallest absolute Gasteiger partial charge is 0.326 e. The fraction of sp³-hybridized carbons (Fsp3) is 0.684. The van der Waals surface area contributed by atoms with E-state index in [2.05, 4.69) is 15.6 Å². The van der Waals surface area contributed by atoms with E-state index in [1.807, 2.05) is 13.8 Å². The minimum Gasteiger partial charge on any atom is -0.480 e. The summed E-state index contributed by atoms with van der Waals surface area (Å²) in [6.07, 6.45) is 5.59. The standard InChI is InChI=1S/C19H29N3O6/c1-3-7-13(16(23)24)22-19(8-5-6-9-19)18(27)21-14(17(25)26)10-15-20-12(4-2)11-28-15/h11,13-14,22H,3-10H2,1-2H3,(H,21,27)(H,23,24)(H,25,26)/t13-,14-/m0/s1. The number of aryl methyl sites for hydroxylation is 1. The lowest BCUT2D eigenvalue weighted by molar-refractivity contribution is -0.144. The maximum Gasteiger partial charge on any atom is 0.326 e. The molecule has 0 saturated heterocycles. The summed E-state index contributed by atoms with van der Waals surface area (Å²) in [6.45, 7) is 3.78.